The summed E-state index contributed by atoms with van der Waals surface area (Å²) in [4.78, 5) is 92.7. The highest BCUT2D eigenvalue weighted by atomic mass is 35.5. The largest absolute Gasteiger partial charge is 0.457 e. The molecular weight excluding hydrogens is 1350 g/mol. The molecule has 2 aliphatic rings. The Morgan fingerprint density at radius 3 is 1.67 bits per heavy atom. The number of pyridine rings is 3. The Morgan fingerprint density at radius 2 is 1.02 bits per heavy atom. The molecule has 7 aromatic carbocycles. The molecule has 0 radical (unpaired) electrons. The molecule has 0 bridgehead atoms. The number of para-hydroxylation sites is 1. The molecule has 1 N–H and O–H groups in total. The van der Waals surface area contributed by atoms with E-state index in [0.717, 1.165) is 16.9 Å². The standard InChI is InChI=1S/C28H21ClN4O3.C26H23FN4O3.C25H21ClN4O3/c1-3-27(34)31-19-6-4-7-21(16-19)33-24-14-15-30-17-25(24)32(28(33)35)20-10-12-22(13-11-20)36-26-9-5-8-23(29)18(26)2;1-3-25(32)29-12-10-19(16-29)31-22-9-11-28-15-23(22)30(26(31)33)18-7-8-24(21(27)14-18)34-20-6-4-5-17(2)13-20;1-2-23(31)28-13-12-18(16-28)30-24-21(26)14-27-15-22(24)29(25(30)32)17-8-10-20(11-9-17)33-19-6-4-3-5-7-19/h3-17H,1H2,2H3,(H,31,34);3-9,11,13-15,19H,1,10,12,16H2,2H3;2-11,14-15,18H,1,12-13,16H2/t;;18-/m..1/s1. The number of aromatic nitrogens is 9. The molecule has 6 aromatic heterocycles. The molecule has 0 spiro atoms. The Kier molecular flexibility index (Phi) is 20.1. The van der Waals surface area contributed by atoms with Crippen LogP contribution in [-0.2, 0) is 14.4 Å². The number of ether oxygens (including phenoxy) is 3. The Hall–Kier alpha value is -12.7. The first kappa shape index (κ1) is 68.8. The quantitative estimate of drug-likeness (QED) is 0.0894. The average molecular weight is 1420 g/mol. The van der Waals surface area contributed by atoms with E-state index in [0.29, 0.717) is 134 Å². The summed E-state index contributed by atoms with van der Waals surface area (Å²) in [5, 5.41) is 3.75. The van der Waals surface area contributed by atoms with E-state index >= 15 is 4.39 Å². The van der Waals surface area contributed by atoms with Gasteiger partial charge in [0.05, 0.1) is 91.5 Å². The maximum Gasteiger partial charge on any atom is 0.338 e. The molecule has 516 valence electrons. The molecule has 2 atom stereocenters. The normalized spacial score (nSPS) is 14.0. The summed E-state index contributed by atoms with van der Waals surface area (Å²) >= 11 is 12.7. The number of nitrogens with one attached hydrogen (secondary N) is 1. The maximum absolute atomic E-state index is 15.0. The van der Waals surface area contributed by atoms with Gasteiger partial charge in [-0.05, 0) is 178 Å². The lowest BCUT2D eigenvalue weighted by molar-refractivity contribution is -0.125. The predicted molar refractivity (Wildman–Crippen MR) is 396 cm³/mol. The number of rotatable bonds is 16. The molecule has 8 heterocycles. The number of hydrogen-bond acceptors (Lipinski definition) is 12. The van der Waals surface area contributed by atoms with Gasteiger partial charge in [0.15, 0.2) is 11.6 Å². The van der Waals surface area contributed by atoms with E-state index in [1.165, 1.54) is 41.1 Å². The van der Waals surface area contributed by atoms with E-state index in [1.807, 2.05) is 117 Å². The van der Waals surface area contributed by atoms with Gasteiger partial charge in [-0.25, -0.2) is 18.8 Å². The minimum absolute atomic E-state index is 0.0682. The number of carbonyl (C=O) groups is 3. The van der Waals surface area contributed by atoms with Crippen molar-refractivity contribution in [3.8, 4) is 57.2 Å². The lowest BCUT2D eigenvalue weighted by atomic mass is 10.2. The van der Waals surface area contributed by atoms with Crippen molar-refractivity contribution in [3.05, 3.63) is 310 Å². The number of benzene rings is 7. The van der Waals surface area contributed by atoms with Crippen LogP contribution in [0.4, 0.5) is 10.1 Å². The van der Waals surface area contributed by atoms with Gasteiger partial charge in [0, 0.05) is 67.1 Å². The number of aryl methyl sites for hydroxylation is 1. The fraction of sp³-hybridized carbons (Fsp3) is 0.127. The summed E-state index contributed by atoms with van der Waals surface area (Å²) in [6.07, 6.45) is 14.7. The average Bonchev–Trinajstić information content (AvgIpc) is 1.61. The first-order valence-corrected chi connectivity index (χ1v) is 33.4. The van der Waals surface area contributed by atoms with Crippen LogP contribution in [0.3, 0.4) is 0 Å². The topological polar surface area (TPSA) is 217 Å². The summed E-state index contributed by atoms with van der Waals surface area (Å²) in [6, 6.07) is 51.5. The third-order valence-corrected chi connectivity index (χ3v) is 18.3. The molecule has 3 amide bonds. The first-order valence-electron chi connectivity index (χ1n) is 32.7. The van der Waals surface area contributed by atoms with E-state index in [2.05, 4.69) is 40.0 Å². The third kappa shape index (κ3) is 14.3. The summed E-state index contributed by atoms with van der Waals surface area (Å²) < 4.78 is 42.2. The van der Waals surface area contributed by atoms with Gasteiger partial charge in [0.1, 0.15) is 28.7 Å². The number of amides is 3. The van der Waals surface area contributed by atoms with Crippen LogP contribution in [0.5, 0.6) is 34.5 Å². The number of fused-ring (bicyclic) bond motifs is 3. The molecule has 2 saturated heterocycles. The summed E-state index contributed by atoms with van der Waals surface area (Å²) in [5.74, 6) is 2.05. The Bertz CT molecular complexity index is 5630. The molecule has 0 saturated carbocycles. The minimum Gasteiger partial charge on any atom is -0.457 e. The molecule has 1 unspecified atom stereocenters. The van der Waals surface area contributed by atoms with Crippen LogP contribution in [0.1, 0.15) is 36.1 Å². The highest BCUT2D eigenvalue weighted by molar-refractivity contribution is 6.34. The molecule has 15 rings (SSSR count). The number of hydrogen-bond donors (Lipinski definition) is 1. The van der Waals surface area contributed by atoms with Crippen LogP contribution in [0, 0.1) is 19.7 Å². The van der Waals surface area contributed by atoms with Gasteiger partial charge in [-0.2, -0.15) is 0 Å². The van der Waals surface area contributed by atoms with Crippen molar-refractivity contribution in [2.24, 2.45) is 0 Å². The van der Waals surface area contributed by atoms with Crippen LogP contribution in [0.15, 0.2) is 265 Å². The third-order valence-electron chi connectivity index (χ3n) is 17.6. The van der Waals surface area contributed by atoms with Crippen molar-refractivity contribution >= 4 is 79.7 Å². The number of nitrogens with zero attached hydrogens (tertiary/aromatic N) is 11. The van der Waals surface area contributed by atoms with Crippen LogP contribution in [-0.4, -0.2) is 96.1 Å². The Labute approximate surface area is 598 Å². The van der Waals surface area contributed by atoms with Crippen LogP contribution >= 0.6 is 23.2 Å². The van der Waals surface area contributed by atoms with E-state index in [1.54, 1.807) is 124 Å². The summed E-state index contributed by atoms with van der Waals surface area (Å²) in [5.41, 5.74) is 7.67. The highest BCUT2D eigenvalue weighted by Crippen LogP contribution is 2.35. The van der Waals surface area contributed by atoms with E-state index < -0.39 is 5.82 Å². The smallest absolute Gasteiger partial charge is 0.338 e. The SMILES string of the molecule is C=CC(=O)N1CCC(n2c(=O)n(-c3ccc(Oc4cccc(C)c4)c(F)c3)c3cnccc32)C1.C=CC(=O)N1CC[C@@H](n2c(=O)n(-c3ccc(Oc4ccccc4)cc3)c3cncc(Cl)c32)C1.C=CC(=O)Nc1cccc(-n2c(=O)n(-c3ccc(Oc4cccc(Cl)c4C)cc3)c3cnccc32)c1. The lowest BCUT2D eigenvalue weighted by Crippen LogP contribution is -2.31. The number of likely N-dealkylation sites (tertiary alicyclic amines) is 2. The van der Waals surface area contributed by atoms with Crippen molar-refractivity contribution < 1.29 is 33.0 Å². The van der Waals surface area contributed by atoms with Gasteiger partial charge >= 0.3 is 17.1 Å². The zero-order valence-electron chi connectivity index (χ0n) is 55.7. The second-order valence-electron chi connectivity index (χ2n) is 24.2. The van der Waals surface area contributed by atoms with Gasteiger partial charge in [-0.1, -0.05) is 85.4 Å². The van der Waals surface area contributed by atoms with Crippen molar-refractivity contribution in [1.29, 1.82) is 0 Å². The fourth-order valence-corrected chi connectivity index (χ4v) is 13.1. The van der Waals surface area contributed by atoms with Crippen LogP contribution in [0.2, 0.25) is 10.0 Å². The number of imidazole rings is 3. The summed E-state index contributed by atoms with van der Waals surface area (Å²) in [7, 11) is 0. The molecule has 2 aliphatic heterocycles. The second-order valence-corrected chi connectivity index (χ2v) is 25.0. The molecular formula is C79H65Cl2FN12O9. The zero-order valence-corrected chi connectivity index (χ0v) is 57.2. The number of anilines is 1. The van der Waals surface area contributed by atoms with Crippen molar-refractivity contribution in [2.45, 2.75) is 38.8 Å². The van der Waals surface area contributed by atoms with E-state index in [4.69, 9.17) is 37.4 Å². The minimum atomic E-state index is -0.584. The van der Waals surface area contributed by atoms with Crippen molar-refractivity contribution in [2.75, 3.05) is 31.5 Å². The van der Waals surface area contributed by atoms with Crippen molar-refractivity contribution in [1.82, 2.24) is 52.2 Å². The van der Waals surface area contributed by atoms with Gasteiger partial charge in [0.25, 0.3) is 0 Å². The Morgan fingerprint density at radius 1 is 0.485 bits per heavy atom. The number of halogens is 3. The van der Waals surface area contributed by atoms with Gasteiger partial charge in [-0.15, -0.1) is 0 Å². The van der Waals surface area contributed by atoms with Gasteiger partial charge in [0.2, 0.25) is 17.7 Å². The lowest BCUT2D eigenvalue weighted by Gasteiger charge is -2.15. The highest BCUT2D eigenvalue weighted by Gasteiger charge is 2.33. The number of carbonyl (C=O) groups excluding carboxylic acids is 3. The predicted octanol–water partition coefficient (Wildman–Crippen LogP) is 15.0. The monoisotopic (exact) mass is 1410 g/mol. The molecule has 103 heavy (non-hydrogen) atoms. The second kappa shape index (κ2) is 30.0. The van der Waals surface area contributed by atoms with E-state index in [9.17, 15) is 28.8 Å². The van der Waals surface area contributed by atoms with Crippen LogP contribution in [0.25, 0.3) is 55.8 Å². The Balaban J connectivity index is 0.000000138. The van der Waals surface area contributed by atoms with Gasteiger partial charge in [-0.3, -0.25) is 56.7 Å². The molecule has 13 aromatic rings. The first-order chi connectivity index (χ1) is 50.0. The molecule has 21 nitrogen and oxygen atoms in total. The van der Waals surface area contributed by atoms with Gasteiger partial charge < -0.3 is 29.3 Å². The molecule has 0 aliphatic carbocycles. The maximum atomic E-state index is 15.0. The van der Waals surface area contributed by atoms with Crippen LogP contribution < -0.4 is 36.6 Å². The zero-order chi connectivity index (χ0) is 72.0. The molecule has 2 fully saturated rings. The fourth-order valence-electron chi connectivity index (χ4n) is 12.7. The summed E-state index contributed by atoms with van der Waals surface area (Å²) in [6.45, 7) is 16.3. The van der Waals surface area contributed by atoms with E-state index in [-0.39, 0.29) is 52.6 Å². The van der Waals surface area contributed by atoms with Crippen molar-refractivity contribution in [3.63, 3.8) is 0 Å². The molecule has 24 heteroatoms.